The van der Waals surface area contributed by atoms with E-state index in [2.05, 4.69) is 10.6 Å². The molecule has 0 unspecified atom stereocenters. The van der Waals surface area contributed by atoms with Gasteiger partial charge in [-0.25, -0.2) is 9.59 Å². The van der Waals surface area contributed by atoms with Crippen LogP contribution in [0.2, 0.25) is 0 Å². The molecule has 2 amide bonds. The van der Waals surface area contributed by atoms with Crippen LogP contribution in [0.3, 0.4) is 0 Å². The van der Waals surface area contributed by atoms with E-state index in [0.717, 1.165) is 26.1 Å². The summed E-state index contributed by atoms with van der Waals surface area (Å²) in [4.78, 5) is 23.8. The van der Waals surface area contributed by atoms with Crippen molar-refractivity contribution < 1.29 is 19.1 Å². The molecule has 0 radical (unpaired) electrons. The van der Waals surface area contributed by atoms with Crippen LogP contribution in [-0.2, 0) is 9.47 Å². The highest BCUT2D eigenvalue weighted by Gasteiger charge is 2.21. The van der Waals surface area contributed by atoms with E-state index in [1.807, 2.05) is 6.92 Å². The average Bonchev–Trinajstić information content (AvgIpc) is 2.56. The topological polar surface area (TPSA) is 76.7 Å². The van der Waals surface area contributed by atoms with Crippen LogP contribution in [0.4, 0.5) is 10.5 Å². The average molecular weight is 320 g/mol. The minimum atomic E-state index is -0.396. The van der Waals surface area contributed by atoms with Gasteiger partial charge < -0.3 is 20.1 Å². The predicted molar refractivity (Wildman–Crippen MR) is 87.6 cm³/mol. The summed E-state index contributed by atoms with van der Waals surface area (Å²) in [5, 5.41) is 5.71. The molecule has 6 heteroatoms. The predicted octanol–water partition coefficient (Wildman–Crippen LogP) is 2.80. The highest BCUT2D eigenvalue weighted by molar-refractivity contribution is 5.94. The summed E-state index contributed by atoms with van der Waals surface area (Å²) in [6.45, 7) is 5.58. The number of rotatable bonds is 5. The number of carbonyl (C=O) groups excluding carboxylic acids is 2. The smallest absolute Gasteiger partial charge is 0.338 e. The van der Waals surface area contributed by atoms with Crippen LogP contribution < -0.4 is 10.6 Å². The zero-order valence-electron chi connectivity index (χ0n) is 13.6. The maximum atomic E-state index is 12.1. The maximum absolute atomic E-state index is 12.1. The van der Waals surface area contributed by atoms with Crippen molar-refractivity contribution in [1.29, 1.82) is 0 Å². The van der Waals surface area contributed by atoms with E-state index in [0.29, 0.717) is 23.8 Å². The van der Waals surface area contributed by atoms with Crippen LogP contribution in [-0.4, -0.2) is 37.9 Å². The van der Waals surface area contributed by atoms with Crippen LogP contribution in [0.15, 0.2) is 24.3 Å². The standard InChI is InChI=1S/C17H24N2O4/c1-3-23-16(20)14-5-4-6-15(11-14)19-17(21)18-12(2)13-7-9-22-10-8-13/h4-6,11-13H,3,7-10H2,1-2H3,(H2,18,19,21)/t12-/m1/s1. The second-order valence-electron chi connectivity index (χ2n) is 5.64. The zero-order chi connectivity index (χ0) is 16.7. The van der Waals surface area contributed by atoms with E-state index >= 15 is 0 Å². The van der Waals surface area contributed by atoms with Crippen molar-refractivity contribution in [2.24, 2.45) is 5.92 Å². The molecule has 1 aliphatic rings. The first-order valence-electron chi connectivity index (χ1n) is 8.02. The second-order valence-corrected chi connectivity index (χ2v) is 5.64. The highest BCUT2D eigenvalue weighted by atomic mass is 16.5. The number of ether oxygens (including phenoxy) is 2. The molecule has 23 heavy (non-hydrogen) atoms. The van der Waals surface area contributed by atoms with E-state index in [1.165, 1.54) is 0 Å². The number of urea groups is 1. The first kappa shape index (κ1) is 17.3. The molecule has 2 N–H and O–H groups in total. The first-order chi connectivity index (χ1) is 11.1. The Hall–Kier alpha value is -2.08. The molecule has 1 saturated heterocycles. The second kappa shape index (κ2) is 8.53. The van der Waals surface area contributed by atoms with E-state index in [9.17, 15) is 9.59 Å². The van der Waals surface area contributed by atoms with E-state index in [-0.39, 0.29) is 12.1 Å². The number of nitrogens with one attached hydrogen (secondary N) is 2. The van der Waals surface area contributed by atoms with Gasteiger partial charge in [-0.1, -0.05) is 6.07 Å². The molecule has 0 aliphatic carbocycles. The third-order valence-electron chi connectivity index (χ3n) is 3.96. The molecule has 0 saturated carbocycles. The molecule has 6 nitrogen and oxygen atoms in total. The minimum absolute atomic E-state index is 0.0761. The molecule has 1 heterocycles. The van der Waals surface area contributed by atoms with Crippen molar-refractivity contribution in [3.8, 4) is 0 Å². The van der Waals surface area contributed by atoms with Crippen molar-refractivity contribution in [3.05, 3.63) is 29.8 Å². The molecular formula is C17H24N2O4. The third-order valence-corrected chi connectivity index (χ3v) is 3.96. The van der Waals surface area contributed by atoms with Crippen LogP contribution >= 0.6 is 0 Å². The summed E-state index contributed by atoms with van der Waals surface area (Å²) in [6, 6.07) is 6.52. The summed E-state index contributed by atoms with van der Waals surface area (Å²) >= 11 is 0. The first-order valence-corrected chi connectivity index (χ1v) is 8.02. The number of hydrogen-bond acceptors (Lipinski definition) is 4. The fourth-order valence-electron chi connectivity index (χ4n) is 2.65. The van der Waals surface area contributed by atoms with E-state index in [4.69, 9.17) is 9.47 Å². The lowest BCUT2D eigenvalue weighted by Gasteiger charge is -2.28. The normalized spacial score (nSPS) is 16.4. The Morgan fingerprint density at radius 1 is 1.35 bits per heavy atom. The Labute approximate surface area is 136 Å². The molecular weight excluding hydrogens is 296 g/mol. The van der Waals surface area contributed by atoms with Crippen LogP contribution in [0, 0.1) is 5.92 Å². The van der Waals surface area contributed by atoms with Crippen molar-refractivity contribution >= 4 is 17.7 Å². The van der Waals surface area contributed by atoms with Gasteiger partial charge in [0.25, 0.3) is 0 Å². The molecule has 2 rings (SSSR count). The van der Waals surface area contributed by atoms with Gasteiger partial charge in [0.1, 0.15) is 0 Å². The zero-order valence-corrected chi connectivity index (χ0v) is 13.6. The summed E-state index contributed by atoms with van der Waals surface area (Å²) < 4.78 is 10.3. The SMILES string of the molecule is CCOC(=O)c1cccc(NC(=O)N[C@H](C)C2CCOCC2)c1. The quantitative estimate of drug-likeness (QED) is 0.818. The number of esters is 1. The molecule has 0 aromatic heterocycles. The molecule has 1 aromatic carbocycles. The van der Waals surface area contributed by atoms with E-state index in [1.54, 1.807) is 31.2 Å². The van der Waals surface area contributed by atoms with E-state index < -0.39 is 5.97 Å². The summed E-state index contributed by atoms with van der Waals surface area (Å²) in [6.07, 6.45) is 1.92. The largest absolute Gasteiger partial charge is 0.462 e. The number of hydrogen-bond donors (Lipinski definition) is 2. The fraction of sp³-hybridized carbons (Fsp3) is 0.529. The molecule has 1 fully saturated rings. The Morgan fingerprint density at radius 2 is 2.09 bits per heavy atom. The summed E-state index contributed by atoms with van der Waals surface area (Å²) in [7, 11) is 0. The molecule has 1 aromatic rings. The molecule has 1 atom stereocenters. The van der Waals surface area contributed by atoms with Gasteiger partial charge in [0.05, 0.1) is 12.2 Å². The van der Waals surface area contributed by atoms with Crippen molar-refractivity contribution in [1.82, 2.24) is 5.32 Å². The van der Waals surface area contributed by atoms with Crippen LogP contribution in [0.1, 0.15) is 37.0 Å². The Bertz CT molecular complexity index is 541. The van der Waals surface area contributed by atoms with Gasteiger partial charge in [-0.15, -0.1) is 0 Å². The fourth-order valence-corrected chi connectivity index (χ4v) is 2.65. The Kier molecular flexibility index (Phi) is 6.40. The van der Waals surface area contributed by atoms with Crippen molar-refractivity contribution in [2.75, 3.05) is 25.1 Å². The Balaban J connectivity index is 1.89. The lowest BCUT2D eigenvalue weighted by molar-refractivity contribution is 0.0526. The number of carbonyl (C=O) groups is 2. The molecule has 0 bridgehead atoms. The van der Waals surface area contributed by atoms with Gasteiger partial charge in [-0.2, -0.15) is 0 Å². The molecule has 0 spiro atoms. The maximum Gasteiger partial charge on any atom is 0.338 e. The van der Waals surface area contributed by atoms with Gasteiger partial charge in [0, 0.05) is 24.9 Å². The highest BCUT2D eigenvalue weighted by Crippen LogP contribution is 2.19. The number of benzene rings is 1. The van der Waals surface area contributed by atoms with Gasteiger partial charge >= 0.3 is 12.0 Å². The van der Waals surface area contributed by atoms with Gasteiger partial charge in [-0.3, -0.25) is 0 Å². The molecule has 126 valence electrons. The summed E-state index contributed by atoms with van der Waals surface area (Å²) in [5.74, 6) is 0.0347. The number of amides is 2. The van der Waals surface area contributed by atoms with Gasteiger partial charge in [-0.05, 0) is 50.8 Å². The van der Waals surface area contributed by atoms with Crippen LogP contribution in [0.5, 0.6) is 0 Å². The minimum Gasteiger partial charge on any atom is -0.462 e. The monoisotopic (exact) mass is 320 g/mol. The van der Waals surface area contributed by atoms with Gasteiger partial charge in [0.15, 0.2) is 0 Å². The number of anilines is 1. The van der Waals surface area contributed by atoms with Gasteiger partial charge in [0.2, 0.25) is 0 Å². The third kappa shape index (κ3) is 5.25. The Morgan fingerprint density at radius 3 is 2.78 bits per heavy atom. The van der Waals surface area contributed by atoms with Crippen LogP contribution in [0.25, 0.3) is 0 Å². The van der Waals surface area contributed by atoms with Crippen molar-refractivity contribution in [3.63, 3.8) is 0 Å². The molecule has 1 aliphatic heterocycles. The van der Waals surface area contributed by atoms with Crippen molar-refractivity contribution in [2.45, 2.75) is 32.7 Å². The lowest BCUT2D eigenvalue weighted by atomic mass is 9.93. The lowest BCUT2D eigenvalue weighted by Crippen LogP contribution is -2.42. The summed E-state index contributed by atoms with van der Waals surface area (Å²) in [5.41, 5.74) is 0.981.